The Labute approximate surface area is 118 Å². The van der Waals surface area contributed by atoms with Crippen LogP contribution in [0.15, 0.2) is 18.2 Å². The lowest BCUT2D eigenvalue weighted by Crippen LogP contribution is -2.57. The van der Waals surface area contributed by atoms with Gasteiger partial charge in [-0.2, -0.15) is 0 Å². The van der Waals surface area contributed by atoms with Gasteiger partial charge in [0, 0.05) is 17.8 Å². The van der Waals surface area contributed by atoms with Gasteiger partial charge in [-0.05, 0) is 51.6 Å². The number of likely N-dealkylation sites (N-methyl/N-ethyl adjacent to an activating group) is 1. The number of carbonyl (C=O) groups excluding carboxylic acids is 1. The van der Waals surface area contributed by atoms with Gasteiger partial charge in [0.05, 0.1) is 10.6 Å². The van der Waals surface area contributed by atoms with Crippen LogP contribution in [0.2, 0.25) is 5.02 Å². The van der Waals surface area contributed by atoms with Crippen molar-refractivity contribution in [3.05, 3.63) is 28.8 Å². The fourth-order valence-electron chi connectivity index (χ4n) is 2.42. The number of nitrogens with zero attached hydrogens (tertiary/aromatic N) is 1. The van der Waals surface area contributed by atoms with Crippen LogP contribution in [0.5, 0.6) is 0 Å². The largest absolute Gasteiger partial charge is 0.399 e. The van der Waals surface area contributed by atoms with E-state index in [4.69, 9.17) is 17.3 Å². The van der Waals surface area contributed by atoms with Crippen molar-refractivity contribution in [1.82, 2.24) is 10.2 Å². The smallest absolute Gasteiger partial charge is 0.252 e. The van der Waals surface area contributed by atoms with Crippen molar-refractivity contribution < 1.29 is 4.79 Å². The lowest BCUT2D eigenvalue weighted by atomic mass is 9.75. The maximum absolute atomic E-state index is 12.1. The zero-order chi connectivity index (χ0) is 14.0. The highest BCUT2D eigenvalue weighted by Gasteiger charge is 2.39. The molecule has 4 nitrogen and oxygen atoms in total. The van der Waals surface area contributed by atoms with Crippen molar-refractivity contribution in [2.24, 2.45) is 0 Å². The fraction of sp³-hybridized carbons (Fsp3) is 0.500. The summed E-state index contributed by atoms with van der Waals surface area (Å²) in [4.78, 5) is 14.3. The highest BCUT2D eigenvalue weighted by molar-refractivity contribution is 6.34. The summed E-state index contributed by atoms with van der Waals surface area (Å²) in [6.45, 7) is 0.652. The summed E-state index contributed by atoms with van der Waals surface area (Å²) in [5.41, 5.74) is 6.76. The van der Waals surface area contributed by atoms with Crippen LogP contribution in [-0.2, 0) is 0 Å². The fourth-order valence-corrected chi connectivity index (χ4v) is 2.70. The number of halogens is 1. The van der Waals surface area contributed by atoms with Crippen LogP contribution in [0.4, 0.5) is 5.69 Å². The van der Waals surface area contributed by atoms with E-state index in [-0.39, 0.29) is 11.4 Å². The molecule has 3 N–H and O–H groups in total. The molecule has 0 spiro atoms. The number of rotatable bonds is 4. The Kier molecular flexibility index (Phi) is 4.02. The van der Waals surface area contributed by atoms with Crippen molar-refractivity contribution in [3.63, 3.8) is 0 Å². The van der Waals surface area contributed by atoms with Crippen LogP contribution in [-0.4, -0.2) is 37.0 Å². The van der Waals surface area contributed by atoms with E-state index in [2.05, 4.69) is 24.3 Å². The van der Waals surface area contributed by atoms with Crippen molar-refractivity contribution in [3.8, 4) is 0 Å². The van der Waals surface area contributed by atoms with E-state index in [1.165, 1.54) is 6.42 Å². The van der Waals surface area contributed by atoms with E-state index in [1.807, 2.05) is 0 Å². The van der Waals surface area contributed by atoms with E-state index >= 15 is 0 Å². The van der Waals surface area contributed by atoms with Gasteiger partial charge in [0.1, 0.15) is 0 Å². The van der Waals surface area contributed by atoms with Crippen LogP contribution in [0.3, 0.4) is 0 Å². The molecule has 0 bridgehead atoms. The molecule has 0 atom stereocenters. The molecule has 1 aliphatic carbocycles. The Balaban J connectivity index is 2.01. The van der Waals surface area contributed by atoms with E-state index in [9.17, 15) is 4.79 Å². The summed E-state index contributed by atoms with van der Waals surface area (Å²) < 4.78 is 0. The Morgan fingerprint density at radius 2 is 2.16 bits per heavy atom. The summed E-state index contributed by atoms with van der Waals surface area (Å²) in [6, 6.07) is 4.95. The van der Waals surface area contributed by atoms with Gasteiger partial charge in [0.15, 0.2) is 0 Å². The highest BCUT2D eigenvalue weighted by atomic mass is 35.5. The van der Waals surface area contributed by atoms with Gasteiger partial charge in [0.2, 0.25) is 0 Å². The van der Waals surface area contributed by atoms with Crippen LogP contribution in [0, 0.1) is 0 Å². The molecule has 0 aliphatic heterocycles. The van der Waals surface area contributed by atoms with Crippen LogP contribution in [0.1, 0.15) is 29.6 Å². The van der Waals surface area contributed by atoms with Crippen molar-refractivity contribution >= 4 is 23.2 Å². The molecule has 104 valence electrons. The molecule has 0 aromatic heterocycles. The second-order valence-electron chi connectivity index (χ2n) is 5.39. The van der Waals surface area contributed by atoms with Gasteiger partial charge in [-0.3, -0.25) is 4.79 Å². The van der Waals surface area contributed by atoms with Gasteiger partial charge in [-0.25, -0.2) is 0 Å². The number of carbonyl (C=O) groups is 1. The van der Waals surface area contributed by atoms with E-state index in [0.29, 0.717) is 22.8 Å². The molecule has 1 saturated carbocycles. The van der Waals surface area contributed by atoms with Gasteiger partial charge in [0.25, 0.3) is 5.91 Å². The van der Waals surface area contributed by atoms with Gasteiger partial charge >= 0.3 is 0 Å². The number of benzene rings is 1. The lowest BCUT2D eigenvalue weighted by molar-refractivity contribution is 0.0557. The Morgan fingerprint density at radius 3 is 2.63 bits per heavy atom. The first kappa shape index (κ1) is 14.2. The van der Waals surface area contributed by atoms with Crippen molar-refractivity contribution in [2.75, 3.05) is 26.4 Å². The number of hydrogen-bond donors (Lipinski definition) is 2. The molecule has 2 rings (SSSR count). The summed E-state index contributed by atoms with van der Waals surface area (Å²) in [7, 11) is 4.11. The SMILES string of the molecule is CN(C)C1(CNC(=O)c2ccc(N)cc2Cl)CCC1. The molecule has 1 fully saturated rings. The summed E-state index contributed by atoms with van der Waals surface area (Å²) >= 11 is 6.03. The minimum absolute atomic E-state index is 0.107. The Bertz CT molecular complexity index is 484. The molecule has 1 aliphatic rings. The topological polar surface area (TPSA) is 58.4 Å². The number of amides is 1. The second kappa shape index (κ2) is 5.39. The molecule has 1 amide bonds. The zero-order valence-electron chi connectivity index (χ0n) is 11.4. The van der Waals surface area contributed by atoms with E-state index < -0.39 is 0 Å². The summed E-state index contributed by atoms with van der Waals surface area (Å²) in [5.74, 6) is -0.141. The predicted octanol–water partition coefficient (Wildman–Crippen LogP) is 2.14. The molecule has 5 heteroatoms. The molecule has 0 radical (unpaired) electrons. The first-order chi connectivity index (χ1) is 8.94. The lowest BCUT2D eigenvalue weighted by Gasteiger charge is -2.47. The maximum Gasteiger partial charge on any atom is 0.252 e. The molecule has 0 unspecified atom stereocenters. The standard InChI is InChI=1S/C14H20ClN3O/c1-18(2)14(6-3-7-14)9-17-13(19)11-5-4-10(16)8-12(11)15/h4-5,8H,3,6-7,9,16H2,1-2H3,(H,17,19). The third-order valence-corrected chi connectivity index (χ3v) is 4.36. The minimum Gasteiger partial charge on any atom is -0.399 e. The van der Waals surface area contributed by atoms with Gasteiger partial charge in [-0.15, -0.1) is 0 Å². The van der Waals surface area contributed by atoms with Crippen LogP contribution in [0.25, 0.3) is 0 Å². The minimum atomic E-state index is -0.141. The van der Waals surface area contributed by atoms with Crippen LogP contribution < -0.4 is 11.1 Å². The van der Waals surface area contributed by atoms with Gasteiger partial charge < -0.3 is 16.0 Å². The Morgan fingerprint density at radius 1 is 1.47 bits per heavy atom. The molecular weight excluding hydrogens is 262 g/mol. The average Bonchev–Trinajstić information content (AvgIpc) is 2.26. The maximum atomic E-state index is 12.1. The number of hydrogen-bond acceptors (Lipinski definition) is 3. The summed E-state index contributed by atoms with van der Waals surface area (Å²) in [5, 5.41) is 3.37. The highest BCUT2D eigenvalue weighted by Crippen LogP contribution is 2.35. The normalized spacial score (nSPS) is 17.1. The van der Waals surface area contributed by atoms with Crippen LogP contribution >= 0.6 is 11.6 Å². The molecular formula is C14H20ClN3O. The number of nitrogen functional groups attached to an aromatic ring is 1. The van der Waals surface area contributed by atoms with E-state index in [0.717, 1.165) is 12.8 Å². The molecule has 0 saturated heterocycles. The average molecular weight is 282 g/mol. The van der Waals surface area contributed by atoms with E-state index in [1.54, 1.807) is 18.2 Å². The van der Waals surface area contributed by atoms with Gasteiger partial charge in [-0.1, -0.05) is 11.6 Å². The molecule has 19 heavy (non-hydrogen) atoms. The monoisotopic (exact) mass is 281 g/mol. The predicted molar refractivity (Wildman–Crippen MR) is 78.5 cm³/mol. The third-order valence-electron chi connectivity index (χ3n) is 4.05. The van der Waals surface area contributed by atoms with Crippen molar-refractivity contribution in [2.45, 2.75) is 24.8 Å². The first-order valence-corrected chi connectivity index (χ1v) is 6.83. The third kappa shape index (κ3) is 2.85. The summed E-state index contributed by atoms with van der Waals surface area (Å²) in [6.07, 6.45) is 3.46. The zero-order valence-corrected chi connectivity index (χ0v) is 12.1. The van der Waals surface area contributed by atoms with Crippen molar-refractivity contribution in [1.29, 1.82) is 0 Å². The first-order valence-electron chi connectivity index (χ1n) is 6.45. The molecule has 0 heterocycles. The number of nitrogens with two attached hydrogens (primary N) is 1. The second-order valence-corrected chi connectivity index (χ2v) is 5.80. The molecule has 1 aromatic rings. The quantitative estimate of drug-likeness (QED) is 0.832. The number of nitrogens with one attached hydrogen (secondary N) is 1. The Hall–Kier alpha value is -1.26. The number of anilines is 1. The molecule has 1 aromatic carbocycles.